The van der Waals surface area contributed by atoms with Crippen molar-refractivity contribution in [1.82, 2.24) is 4.31 Å². The van der Waals surface area contributed by atoms with Gasteiger partial charge in [0.1, 0.15) is 24.8 Å². The highest BCUT2D eigenvalue weighted by Crippen LogP contribution is 2.25. The molecular formula is C19H19ClFNO5S. The number of sulfonamides is 1. The van der Waals surface area contributed by atoms with Crippen LogP contribution in [0.4, 0.5) is 4.39 Å². The average Bonchev–Trinajstić information content (AvgIpc) is 3.22. The number of rotatable bonds is 7. The number of carbonyl (C=O) groups excluding carboxylic acids is 1. The van der Waals surface area contributed by atoms with Gasteiger partial charge in [0.05, 0.1) is 15.5 Å². The summed E-state index contributed by atoms with van der Waals surface area (Å²) in [6.07, 6.45) is 1.63. The fourth-order valence-corrected chi connectivity index (χ4v) is 4.54. The third kappa shape index (κ3) is 4.81. The summed E-state index contributed by atoms with van der Waals surface area (Å²) in [6, 6.07) is 9.42. The maximum Gasteiger partial charge on any atom is 0.339 e. The third-order valence-corrected chi connectivity index (χ3v) is 6.48. The van der Waals surface area contributed by atoms with E-state index in [0.29, 0.717) is 18.8 Å². The van der Waals surface area contributed by atoms with Crippen LogP contribution in [-0.4, -0.2) is 45.0 Å². The Kier molecular flexibility index (Phi) is 6.53. The summed E-state index contributed by atoms with van der Waals surface area (Å²) in [5.74, 6) is -0.683. The van der Waals surface area contributed by atoms with Gasteiger partial charge in [0, 0.05) is 13.1 Å². The molecule has 0 unspecified atom stereocenters. The molecule has 0 saturated carbocycles. The van der Waals surface area contributed by atoms with Gasteiger partial charge >= 0.3 is 5.97 Å². The van der Waals surface area contributed by atoms with Gasteiger partial charge in [-0.05, 0) is 55.3 Å². The first-order valence-electron chi connectivity index (χ1n) is 8.73. The second-order valence-corrected chi connectivity index (χ2v) is 8.54. The van der Waals surface area contributed by atoms with E-state index < -0.39 is 16.0 Å². The van der Waals surface area contributed by atoms with E-state index in [0.717, 1.165) is 12.8 Å². The Labute approximate surface area is 167 Å². The van der Waals surface area contributed by atoms with Crippen LogP contribution in [0.5, 0.6) is 5.75 Å². The fourth-order valence-electron chi connectivity index (χ4n) is 2.80. The lowest BCUT2D eigenvalue weighted by atomic mass is 10.2. The highest BCUT2D eigenvalue weighted by atomic mass is 35.5. The molecule has 0 amide bonds. The molecule has 1 heterocycles. The van der Waals surface area contributed by atoms with Crippen LogP contribution in [0, 0.1) is 5.82 Å². The van der Waals surface area contributed by atoms with Crippen LogP contribution in [0.3, 0.4) is 0 Å². The van der Waals surface area contributed by atoms with Gasteiger partial charge in [-0.3, -0.25) is 0 Å². The van der Waals surface area contributed by atoms with Crippen molar-refractivity contribution in [2.45, 2.75) is 17.7 Å². The van der Waals surface area contributed by atoms with Crippen LogP contribution < -0.4 is 4.74 Å². The van der Waals surface area contributed by atoms with Gasteiger partial charge in [-0.1, -0.05) is 11.6 Å². The molecule has 0 aromatic heterocycles. The lowest BCUT2D eigenvalue weighted by Crippen LogP contribution is -2.28. The van der Waals surface area contributed by atoms with Gasteiger partial charge in [0.15, 0.2) is 0 Å². The van der Waals surface area contributed by atoms with Gasteiger partial charge in [-0.2, -0.15) is 4.31 Å². The smallest absolute Gasteiger partial charge is 0.339 e. The zero-order valence-corrected chi connectivity index (χ0v) is 16.5. The Balaban J connectivity index is 1.62. The molecule has 0 aliphatic carbocycles. The minimum Gasteiger partial charge on any atom is -0.490 e. The van der Waals surface area contributed by atoms with E-state index in [4.69, 9.17) is 21.1 Å². The summed E-state index contributed by atoms with van der Waals surface area (Å²) >= 11 is 6.05. The monoisotopic (exact) mass is 427 g/mol. The van der Waals surface area contributed by atoms with Crippen LogP contribution in [-0.2, 0) is 14.8 Å². The van der Waals surface area contributed by atoms with Gasteiger partial charge in [-0.25, -0.2) is 17.6 Å². The zero-order chi connectivity index (χ0) is 20.1. The van der Waals surface area contributed by atoms with Crippen LogP contribution in [0.15, 0.2) is 47.4 Å². The molecule has 2 aromatic rings. The fraction of sp³-hybridized carbons (Fsp3) is 0.316. The predicted octanol–water partition coefficient (Wildman–Crippen LogP) is 3.50. The standard InChI is InChI=1S/C19H19ClFNO5S/c20-18-8-7-16(28(24,25)22-9-1-2-10-22)13-17(18)19(23)27-12-11-26-15-5-3-14(21)4-6-15/h3-8,13H,1-2,9-12H2. The molecule has 28 heavy (non-hydrogen) atoms. The Hall–Kier alpha value is -2.16. The van der Waals surface area contributed by atoms with Crippen LogP contribution in [0.1, 0.15) is 23.2 Å². The number of halogens is 2. The molecule has 1 aliphatic heterocycles. The minimum atomic E-state index is -3.66. The molecule has 0 spiro atoms. The largest absolute Gasteiger partial charge is 0.490 e. The summed E-state index contributed by atoms with van der Waals surface area (Å²) in [4.78, 5) is 12.3. The number of esters is 1. The van der Waals surface area contributed by atoms with E-state index in [2.05, 4.69) is 0 Å². The lowest BCUT2D eigenvalue weighted by Gasteiger charge is -2.16. The first-order valence-corrected chi connectivity index (χ1v) is 10.5. The van der Waals surface area contributed by atoms with Crippen molar-refractivity contribution >= 4 is 27.6 Å². The van der Waals surface area contributed by atoms with Crippen molar-refractivity contribution < 1.29 is 27.1 Å². The van der Waals surface area contributed by atoms with E-state index in [1.807, 2.05) is 0 Å². The molecule has 3 rings (SSSR count). The van der Waals surface area contributed by atoms with Crippen molar-refractivity contribution in [3.8, 4) is 5.75 Å². The zero-order valence-electron chi connectivity index (χ0n) is 14.9. The summed E-state index contributed by atoms with van der Waals surface area (Å²) in [6.45, 7) is 0.910. The second-order valence-electron chi connectivity index (χ2n) is 6.19. The van der Waals surface area contributed by atoms with Crippen molar-refractivity contribution in [3.05, 3.63) is 58.9 Å². The average molecular weight is 428 g/mol. The number of benzene rings is 2. The summed E-state index contributed by atoms with van der Waals surface area (Å²) in [5.41, 5.74) is -0.0243. The Morgan fingerprint density at radius 2 is 1.75 bits per heavy atom. The second kappa shape index (κ2) is 8.89. The highest BCUT2D eigenvalue weighted by molar-refractivity contribution is 7.89. The molecule has 9 heteroatoms. The van der Waals surface area contributed by atoms with Crippen LogP contribution in [0.2, 0.25) is 5.02 Å². The van der Waals surface area contributed by atoms with Gasteiger partial charge in [0.2, 0.25) is 10.0 Å². The first-order chi connectivity index (χ1) is 13.4. The Morgan fingerprint density at radius 3 is 2.43 bits per heavy atom. The number of carbonyl (C=O) groups is 1. The molecule has 0 bridgehead atoms. The number of hydrogen-bond donors (Lipinski definition) is 0. The molecule has 150 valence electrons. The lowest BCUT2D eigenvalue weighted by molar-refractivity contribution is 0.0450. The summed E-state index contributed by atoms with van der Waals surface area (Å²) < 4.78 is 50.0. The summed E-state index contributed by atoms with van der Waals surface area (Å²) in [5, 5.41) is 0.102. The minimum absolute atomic E-state index is 0.00770. The molecule has 2 aromatic carbocycles. The quantitative estimate of drug-likeness (QED) is 0.499. The van der Waals surface area contributed by atoms with Crippen LogP contribution in [0.25, 0.3) is 0 Å². The molecule has 1 fully saturated rings. The maximum absolute atomic E-state index is 12.8. The molecule has 1 aliphatic rings. The molecule has 0 N–H and O–H groups in total. The van der Waals surface area contributed by atoms with Crippen molar-refractivity contribution in [3.63, 3.8) is 0 Å². The molecular weight excluding hydrogens is 409 g/mol. The van der Waals surface area contributed by atoms with Gasteiger partial charge in [0.25, 0.3) is 0 Å². The van der Waals surface area contributed by atoms with E-state index in [-0.39, 0.29) is 34.5 Å². The SMILES string of the molecule is O=C(OCCOc1ccc(F)cc1)c1cc(S(=O)(=O)N2CCCC2)ccc1Cl. The van der Waals surface area contributed by atoms with E-state index in [1.54, 1.807) is 0 Å². The Morgan fingerprint density at radius 1 is 1.07 bits per heavy atom. The van der Waals surface area contributed by atoms with Gasteiger partial charge in [-0.15, -0.1) is 0 Å². The first kappa shape index (κ1) is 20.6. The van der Waals surface area contributed by atoms with E-state index in [9.17, 15) is 17.6 Å². The topological polar surface area (TPSA) is 72.9 Å². The molecule has 6 nitrogen and oxygen atoms in total. The highest BCUT2D eigenvalue weighted by Gasteiger charge is 2.28. The van der Waals surface area contributed by atoms with Crippen molar-refractivity contribution in [2.75, 3.05) is 26.3 Å². The number of hydrogen-bond acceptors (Lipinski definition) is 5. The molecule has 1 saturated heterocycles. The summed E-state index contributed by atoms with van der Waals surface area (Å²) in [7, 11) is -3.66. The number of nitrogens with zero attached hydrogens (tertiary/aromatic N) is 1. The number of ether oxygens (including phenoxy) is 2. The molecule has 0 atom stereocenters. The predicted molar refractivity (Wildman–Crippen MR) is 102 cm³/mol. The van der Waals surface area contributed by atoms with Gasteiger partial charge < -0.3 is 9.47 Å². The van der Waals surface area contributed by atoms with E-state index >= 15 is 0 Å². The normalized spacial score (nSPS) is 14.8. The van der Waals surface area contributed by atoms with Crippen molar-refractivity contribution in [2.24, 2.45) is 0 Å². The maximum atomic E-state index is 12.8. The molecule has 0 radical (unpaired) electrons. The van der Waals surface area contributed by atoms with Crippen LogP contribution >= 0.6 is 11.6 Å². The van der Waals surface area contributed by atoms with E-state index in [1.165, 1.54) is 46.8 Å². The Bertz CT molecular complexity index is 943. The third-order valence-electron chi connectivity index (χ3n) is 4.26. The van der Waals surface area contributed by atoms with Crippen molar-refractivity contribution in [1.29, 1.82) is 0 Å².